The summed E-state index contributed by atoms with van der Waals surface area (Å²) >= 11 is 0. The Morgan fingerprint density at radius 1 is 1.39 bits per heavy atom. The standard InChI is InChI=1S/C14H12FN5O3/c1-2-23-11(21)7-19-8-16-13-12(14(19)22)17-18-20(13)10-5-3-4-9(15)6-10/h3-6,8H,2,7H2,1H3. The molecule has 0 unspecified atom stereocenters. The van der Waals surface area contributed by atoms with E-state index in [4.69, 9.17) is 4.74 Å². The number of ether oxygens (including phenoxy) is 1. The van der Waals surface area contributed by atoms with Gasteiger partial charge in [-0.05, 0) is 25.1 Å². The maximum Gasteiger partial charge on any atom is 0.326 e. The van der Waals surface area contributed by atoms with Gasteiger partial charge in [0.25, 0.3) is 5.56 Å². The van der Waals surface area contributed by atoms with Crippen LogP contribution in [0.1, 0.15) is 6.92 Å². The molecule has 0 radical (unpaired) electrons. The third-order valence-electron chi connectivity index (χ3n) is 3.09. The zero-order chi connectivity index (χ0) is 16.4. The van der Waals surface area contributed by atoms with Gasteiger partial charge in [0.1, 0.15) is 18.7 Å². The van der Waals surface area contributed by atoms with Gasteiger partial charge >= 0.3 is 5.97 Å². The van der Waals surface area contributed by atoms with Crippen LogP contribution < -0.4 is 5.56 Å². The van der Waals surface area contributed by atoms with E-state index in [9.17, 15) is 14.0 Å². The molecule has 0 saturated carbocycles. The predicted octanol–water partition coefficient (Wildman–Crippen LogP) is 0.679. The third kappa shape index (κ3) is 2.80. The molecule has 1 aromatic carbocycles. The second-order valence-corrected chi connectivity index (χ2v) is 4.64. The number of aromatic nitrogens is 5. The molecule has 0 amide bonds. The number of hydrogen-bond acceptors (Lipinski definition) is 6. The summed E-state index contributed by atoms with van der Waals surface area (Å²) in [6.07, 6.45) is 1.21. The third-order valence-corrected chi connectivity index (χ3v) is 3.09. The van der Waals surface area contributed by atoms with E-state index in [1.165, 1.54) is 29.2 Å². The first-order valence-electron chi connectivity index (χ1n) is 6.82. The van der Waals surface area contributed by atoms with Gasteiger partial charge in [-0.2, -0.15) is 4.68 Å². The summed E-state index contributed by atoms with van der Waals surface area (Å²) in [7, 11) is 0. The molecule has 8 nitrogen and oxygen atoms in total. The van der Waals surface area contributed by atoms with Gasteiger partial charge in [0, 0.05) is 0 Å². The summed E-state index contributed by atoms with van der Waals surface area (Å²) in [5.74, 6) is -0.991. The van der Waals surface area contributed by atoms with Crippen LogP contribution in [0.3, 0.4) is 0 Å². The van der Waals surface area contributed by atoms with Gasteiger partial charge in [0.05, 0.1) is 12.3 Å². The van der Waals surface area contributed by atoms with Crippen molar-refractivity contribution in [3.8, 4) is 5.69 Å². The summed E-state index contributed by atoms with van der Waals surface area (Å²) in [5.41, 5.74) is 0.0371. The number of benzene rings is 1. The molecule has 0 aliphatic carbocycles. The lowest BCUT2D eigenvalue weighted by molar-refractivity contribution is -0.143. The van der Waals surface area contributed by atoms with Crippen molar-refractivity contribution < 1.29 is 13.9 Å². The van der Waals surface area contributed by atoms with Crippen LogP contribution in [0.5, 0.6) is 0 Å². The Labute approximate surface area is 129 Å². The van der Waals surface area contributed by atoms with Gasteiger partial charge in [-0.1, -0.05) is 11.3 Å². The van der Waals surface area contributed by atoms with Crippen LogP contribution in [0.2, 0.25) is 0 Å². The van der Waals surface area contributed by atoms with E-state index >= 15 is 0 Å². The number of carbonyl (C=O) groups is 1. The van der Waals surface area contributed by atoms with Crippen LogP contribution in [-0.2, 0) is 16.1 Å². The van der Waals surface area contributed by atoms with Crippen LogP contribution in [0.15, 0.2) is 35.4 Å². The fourth-order valence-electron chi connectivity index (χ4n) is 2.08. The zero-order valence-electron chi connectivity index (χ0n) is 12.1. The monoisotopic (exact) mass is 317 g/mol. The number of carbonyl (C=O) groups excluding carboxylic acids is 1. The van der Waals surface area contributed by atoms with Crippen molar-refractivity contribution >= 4 is 17.1 Å². The van der Waals surface area contributed by atoms with Gasteiger partial charge in [-0.15, -0.1) is 5.10 Å². The van der Waals surface area contributed by atoms with Gasteiger partial charge in [0.15, 0.2) is 11.2 Å². The number of halogens is 1. The molecule has 0 saturated heterocycles. The highest BCUT2D eigenvalue weighted by atomic mass is 19.1. The molecule has 3 rings (SSSR count). The fraction of sp³-hybridized carbons (Fsp3) is 0.214. The van der Waals surface area contributed by atoms with E-state index in [0.717, 1.165) is 4.57 Å². The van der Waals surface area contributed by atoms with Crippen molar-refractivity contribution in [2.45, 2.75) is 13.5 Å². The summed E-state index contributed by atoms with van der Waals surface area (Å²) in [4.78, 5) is 27.9. The van der Waals surface area contributed by atoms with Crippen LogP contribution in [0.4, 0.5) is 4.39 Å². The van der Waals surface area contributed by atoms with Crippen molar-refractivity contribution in [3.05, 3.63) is 46.8 Å². The Morgan fingerprint density at radius 2 is 2.22 bits per heavy atom. The average molecular weight is 317 g/mol. The molecule has 3 aromatic rings. The first-order valence-corrected chi connectivity index (χ1v) is 6.82. The molecular formula is C14H12FN5O3. The number of hydrogen-bond donors (Lipinski definition) is 0. The number of esters is 1. The van der Waals surface area contributed by atoms with Crippen molar-refractivity contribution in [1.29, 1.82) is 0 Å². The zero-order valence-corrected chi connectivity index (χ0v) is 12.1. The molecule has 0 bridgehead atoms. The van der Waals surface area contributed by atoms with Crippen molar-refractivity contribution in [2.75, 3.05) is 6.61 Å². The summed E-state index contributed by atoms with van der Waals surface area (Å²) < 4.78 is 20.5. The number of nitrogens with zero attached hydrogens (tertiary/aromatic N) is 5. The largest absolute Gasteiger partial charge is 0.465 e. The molecule has 0 N–H and O–H groups in total. The molecule has 9 heteroatoms. The Morgan fingerprint density at radius 3 is 2.96 bits per heavy atom. The van der Waals surface area contributed by atoms with Gasteiger partial charge in [-0.25, -0.2) is 9.37 Å². The topological polar surface area (TPSA) is 91.9 Å². The summed E-state index contributed by atoms with van der Waals surface area (Å²) in [6, 6.07) is 5.67. The number of rotatable bonds is 4. The van der Waals surface area contributed by atoms with E-state index in [1.54, 1.807) is 13.0 Å². The van der Waals surface area contributed by atoms with E-state index in [1.807, 2.05) is 0 Å². The van der Waals surface area contributed by atoms with E-state index in [2.05, 4.69) is 15.3 Å². The molecule has 0 atom stereocenters. The molecule has 118 valence electrons. The van der Waals surface area contributed by atoms with E-state index in [0.29, 0.717) is 5.69 Å². The van der Waals surface area contributed by atoms with E-state index < -0.39 is 17.3 Å². The maximum atomic E-state index is 13.3. The molecular weight excluding hydrogens is 305 g/mol. The van der Waals surface area contributed by atoms with Gasteiger partial charge in [-0.3, -0.25) is 14.2 Å². The Balaban J connectivity index is 2.04. The Bertz CT molecular complexity index is 934. The highest BCUT2D eigenvalue weighted by molar-refractivity contribution is 5.72. The van der Waals surface area contributed by atoms with Crippen LogP contribution in [0.25, 0.3) is 16.9 Å². The molecule has 23 heavy (non-hydrogen) atoms. The lowest BCUT2D eigenvalue weighted by atomic mass is 10.3. The second-order valence-electron chi connectivity index (χ2n) is 4.64. The van der Waals surface area contributed by atoms with Crippen LogP contribution in [0, 0.1) is 5.82 Å². The lowest BCUT2D eigenvalue weighted by Gasteiger charge is -2.05. The highest BCUT2D eigenvalue weighted by Gasteiger charge is 2.15. The first kappa shape index (κ1) is 14.8. The quantitative estimate of drug-likeness (QED) is 0.657. The normalized spacial score (nSPS) is 10.9. The van der Waals surface area contributed by atoms with Crippen molar-refractivity contribution in [2.24, 2.45) is 0 Å². The minimum Gasteiger partial charge on any atom is -0.465 e. The van der Waals surface area contributed by atoms with Crippen LogP contribution >= 0.6 is 0 Å². The Hall–Kier alpha value is -3.10. The Kier molecular flexibility index (Phi) is 3.83. The molecule has 0 aliphatic heterocycles. The predicted molar refractivity (Wildman–Crippen MR) is 77.5 cm³/mol. The molecule has 0 fully saturated rings. The molecule has 2 heterocycles. The van der Waals surface area contributed by atoms with E-state index in [-0.39, 0.29) is 24.3 Å². The van der Waals surface area contributed by atoms with Gasteiger partial charge < -0.3 is 4.74 Å². The summed E-state index contributed by atoms with van der Waals surface area (Å²) in [5, 5.41) is 7.61. The molecule has 0 aliphatic rings. The average Bonchev–Trinajstić information content (AvgIpc) is 2.95. The highest BCUT2D eigenvalue weighted by Crippen LogP contribution is 2.12. The minimum atomic E-state index is -0.548. The molecule has 0 spiro atoms. The van der Waals surface area contributed by atoms with Gasteiger partial charge in [0.2, 0.25) is 0 Å². The maximum absolute atomic E-state index is 13.3. The second kappa shape index (κ2) is 5.95. The molecule has 2 aromatic heterocycles. The smallest absolute Gasteiger partial charge is 0.326 e. The minimum absolute atomic E-state index is 0.0129. The SMILES string of the molecule is CCOC(=O)Cn1cnc2c(nnn2-c2cccc(F)c2)c1=O. The van der Waals surface area contributed by atoms with Crippen molar-refractivity contribution in [3.63, 3.8) is 0 Å². The lowest BCUT2D eigenvalue weighted by Crippen LogP contribution is -2.26. The number of fused-ring (bicyclic) bond motifs is 1. The first-order chi connectivity index (χ1) is 11.1. The van der Waals surface area contributed by atoms with Crippen LogP contribution in [-0.4, -0.2) is 37.1 Å². The fourth-order valence-corrected chi connectivity index (χ4v) is 2.08. The van der Waals surface area contributed by atoms with Crippen molar-refractivity contribution in [1.82, 2.24) is 24.5 Å². The summed E-state index contributed by atoms with van der Waals surface area (Å²) in [6.45, 7) is 1.63.